The maximum Gasteiger partial charge on any atom is 0.237 e. The van der Waals surface area contributed by atoms with Gasteiger partial charge in [-0.25, -0.2) is 0 Å². The van der Waals surface area contributed by atoms with Gasteiger partial charge in [-0.05, 0) is 5.92 Å². The van der Waals surface area contributed by atoms with Gasteiger partial charge in [0.2, 0.25) is 5.91 Å². The van der Waals surface area contributed by atoms with E-state index in [1.54, 1.807) is 0 Å². The highest BCUT2D eigenvalue weighted by Crippen LogP contribution is 2.04. The van der Waals surface area contributed by atoms with Crippen LogP contribution in [-0.2, 0) is 4.79 Å². The molecule has 0 spiro atoms. The van der Waals surface area contributed by atoms with Gasteiger partial charge in [0.05, 0.1) is 6.04 Å². The van der Waals surface area contributed by atoms with E-state index in [2.05, 4.69) is 5.32 Å². The highest BCUT2D eigenvalue weighted by molar-refractivity contribution is 5.83. The lowest BCUT2D eigenvalue weighted by atomic mass is 10.1. The molecule has 3 nitrogen and oxygen atoms in total. The average molecular weight is 114 g/mol. The monoisotopic (exact) mass is 114 g/mol. The lowest BCUT2D eigenvalue weighted by molar-refractivity contribution is -0.120. The van der Waals surface area contributed by atoms with E-state index in [0.29, 0.717) is 5.92 Å². The molecule has 0 aromatic carbocycles. The van der Waals surface area contributed by atoms with Crippen molar-refractivity contribution in [3.63, 3.8) is 0 Å². The van der Waals surface area contributed by atoms with Crippen molar-refractivity contribution >= 4 is 5.91 Å². The molecule has 46 valence electrons. The van der Waals surface area contributed by atoms with Crippen LogP contribution in [0.2, 0.25) is 0 Å². The summed E-state index contributed by atoms with van der Waals surface area (Å²) < 4.78 is 0. The van der Waals surface area contributed by atoms with Crippen LogP contribution in [0.1, 0.15) is 6.92 Å². The fraction of sp³-hybridized carbons (Fsp3) is 0.800. The van der Waals surface area contributed by atoms with Gasteiger partial charge in [-0.1, -0.05) is 6.92 Å². The molecule has 1 aliphatic heterocycles. The predicted octanol–water partition coefficient (Wildman–Crippen LogP) is -0.920. The number of hydrogen-bond donors (Lipinski definition) is 2. The third-order valence-electron chi connectivity index (χ3n) is 1.51. The van der Waals surface area contributed by atoms with E-state index >= 15 is 0 Å². The zero-order valence-corrected chi connectivity index (χ0v) is 4.85. The van der Waals surface area contributed by atoms with Gasteiger partial charge in [0, 0.05) is 6.54 Å². The lowest BCUT2D eigenvalue weighted by Crippen LogP contribution is -2.32. The molecule has 0 radical (unpaired) electrons. The Bertz CT molecular complexity index is 113. The molecule has 2 atom stereocenters. The smallest absolute Gasteiger partial charge is 0.237 e. The Balaban J connectivity index is 2.56. The molecule has 1 rings (SSSR count). The second kappa shape index (κ2) is 1.74. The molecule has 1 aliphatic rings. The molecule has 0 unspecified atom stereocenters. The van der Waals surface area contributed by atoms with Crippen LogP contribution in [0.15, 0.2) is 0 Å². The molecular formula is C5H10N2O. The summed E-state index contributed by atoms with van der Waals surface area (Å²) in [6.45, 7) is 2.70. The number of hydrogen-bond acceptors (Lipinski definition) is 2. The quantitative estimate of drug-likeness (QED) is 0.428. The van der Waals surface area contributed by atoms with Gasteiger partial charge >= 0.3 is 0 Å². The van der Waals surface area contributed by atoms with Gasteiger partial charge < -0.3 is 11.1 Å². The van der Waals surface area contributed by atoms with E-state index in [-0.39, 0.29) is 11.9 Å². The zero-order valence-electron chi connectivity index (χ0n) is 4.85. The van der Waals surface area contributed by atoms with Crippen molar-refractivity contribution in [3.8, 4) is 0 Å². The summed E-state index contributed by atoms with van der Waals surface area (Å²) in [6.07, 6.45) is 0. The fourth-order valence-corrected chi connectivity index (χ4v) is 0.765. The van der Waals surface area contributed by atoms with Crippen molar-refractivity contribution in [1.29, 1.82) is 0 Å². The fourth-order valence-electron chi connectivity index (χ4n) is 0.765. The minimum absolute atomic E-state index is 0.0162. The predicted molar refractivity (Wildman–Crippen MR) is 30.1 cm³/mol. The minimum Gasteiger partial charge on any atom is -0.354 e. The number of amides is 1. The second-order valence-electron chi connectivity index (χ2n) is 2.25. The van der Waals surface area contributed by atoms with E-state index < -0.39 is 0 Å². The van der Waals surface area contributed by atoms with Gasteiger partial charge in [0.15, 0.2) is 0 Å². The summed E-state index contributed by atoms with van der Waals surface area (Å²) in [5.41, 5.74) is 5.41. The molecule has 0 bridgehead atoms. The lowest BCUT2D eigenvalue weighted by Gasteiger charge is -2.01. The Kier molecular flexibility index (Phi) is 1.21. The highest BCUT2D eigenvalue weighted by atomic mass is 16.2. The zero-order chi connectivity index (χ0) is 6.15. The molecule has 0 saturated carbocycles. The largest absolute Gasteiger partial charge is 0.354 e. The van der Waals surface area contributed by atoms with Crippen molar-refractivity contribution in [3.05, 3.63) is 0 Å². The van der Waals surface area contributed by atoms with Crippen molar-refractivity contribution in [1.82, 2.24) is 5.32 Å². The van der Waals surface area contributed by atoms with E-state index in [1.807, 2.05) is 6.92 Å². The number of rotatable bonds is 0. The Hall–Kier alpha value is -0.570. The molecule has 1 saturated heterocycles. The average Bonchev–Trinajstić information content (AvgIpc) is 1.98. The Morgan fingerprint density at radius 2 is 2.50 bits per heavy atom. The van der Waals surface area contributed by atoms with E-state index in [9.17, 15) is 4.79 Å². The molecule has 1 amide bonds. The highest BCUT2D eigenvalue weighted by Gasteiger charge is 2.26. The summed E-state index contributed by atoms with van der Waals surface area (Å²) in [5, 5.41) is 2.66. The third kappa shape index (κ3) is 0.690. The Morgan fingerprint density at radius 1 is 1.88 bits per heavy atom. The van der Waals surface area contributed by atoms with Crippen molar-refractivity contribution in [2.24, 2.45) is 11.7 Å². The van der Waals surface area contributed by atoms with Gasteiger partial charge in [0.1, 0.15) is 0 Å². The van der Waals surface area contributed by atoms with Crippen LogP contribution in [0.5, 0.6) is 0 Å². The summed E-state index contributed by atoms with van der Waals surface area (Å²) in [5.74, 6) is 0.292. The molecular weight excluding hydrogens is 104 g/mol. The number of carbonyl (C=O) groups is 1. The molecule has 0 aliphatic carbocycles. The maximum absolute atomic E-state index is 10.5. The molecule has 1 fully saturated rings. The molecule has 0 aromatic rings. The second-order valence-corrected chi connectivity index (χ2v) is 2.25. The Labute approximate surface area is 48.2 Å². The van der Waals surface area contributed by atoms with Crippen LogP contribution < -0.4 is 11.1 Å². The van der Waals surface area contributed by atoms with Crippen LogP contribution >= 0.6 is 0 Å². The van der Waals surface area contributed by atoms with Crippen molar-refractivity contribution in [2.45, 2.75) is 13.0 Å². The first-order valence-corrected chi connectivity index (χ1v) is 2.75. The summed E-state index contributed by atoms with van der Waals surface area (Å²) in [4.78, 5) is 10.5. The molecule has 3 N–H and O–H groups in total. The maximum atomic E-state index is 10.5. The van der Waals surface area contributed by atoms with Crippen LogP contribution in [0.3, 0.4) is 0 Å². The number of nitrogens with two attached hydrogens (primary N) is 1. The SMILES string of the molecule is C[C@@H]1CNC(=O)[C@H]1N. The van der Waals surface area contributed by atoms with Crippen molar-refractivity contribution < 1.29 is 4.79 Å². The van der Waals surface area contributed by atoms with Gasteiger partial charge in [-0.15, -0.1) is 0 Å². The summed E-state index contributed by atoms with van der Waals surface area (Å²) in [7, 11) is 0. The topological polar surface area (TPSA) is 55.1 Å². The Morgan fingerprint density at radius 3 is 2.62 bits per heavy atom. The van der Waals surface area contributed by atoms with Gasteiger partial charge in [-0.2, -0.15) is 0 Å². The van der Waals surface area contributed by atoms with Crippen LogP contribution in [0, 0.1) is 5.92 Å². The minimum atomic E-state index is -0.269. The first kappa shape index (κ1) is 5.56. The van der Waals surface area contributed by atoms with Crippen LogP contribution in [0.25, 0.3) is 0 Å². The first-order chi connectivity index (χ1) is 3.72. The molecule has 3 heteroatoms. The van der Waals surface area contributed by atoms with Crippen LogP contribution in [-0.4, -0.2) is 18.5 Å². The van der Waals surface area contributed by atoms with Gasteiger partial charge in [0.25, 0.3) is 0 Å². The van der Waals surface area contributed by atoms with Gasteiger partial charge in [-0.3, -0.25) is 4.79 Å². The van der Waals surface area contributed by atoms with E-state index in [0.717, 1.165) is 6.54 Å². The van der Waals surface area contributed by atoms with Crippen LogP contribution in [0.4, 0.5) is 0 Å². The summed E-state index contributed by atoms with van der Waals surface area (Å²) >= 11 is 0. The van der Waals surface area contributed by atoms with E-state index in [4.69, 9.17) is 5.73 Å². The standard InChI is InChI=1S/C5H10N2O/c1-3-2-7-5(8)4(3)6/h3-4H,2,6H2,1H3,(H,7,8)/t3-,4+/m1/s1. The number of nitrogens with one attached hydrogen (secondary N) is 1. The van der Waals surface area contributed by atoms with Crippen molar-refractivity contribution in [2.75, 3.05) is 6.54 Å². The number of carbonyl (C=O) groups excluding carboxylic acids is 1. The molecule has 1 heterocycles. The summed E-state index contributed by atoms with van der Waals surface area (Å²) in [6, 6.07) is -0.269. The third-order valence-corrected chi connectivity index (χ3v) is 1.51. The molecule has 0 aromatic heterocycles. The first-order valence-electron chi connectivity index (χ1n) is 2.75. The van der Waals surface area contributed by atoms with E-state index in [1.165, 1.54) is 0 Å². The normalized spacial score (nSPS) is 37.5. The molecule has 8 heavy (non-hydrogen) atoms.